The molecule has 1 fully saturated rings. The van der Waals surface area contributed by atoms with Crippen LogP contribution in [-0.2, 0) is 20.9 Å². The maximum atomic E-state index is 12.2. The van der Waals surface area contributed by atoms with Crippen molar-refractivity contribution in [3.05, 3.63) is 52.4 Å². The molecule has 2 N–H and O–H groups in total. The quantitative estimate of drug-likeness (QED) is 0.656. The molecule has 3 rings (SSSR count). The van der Waals surface area contributed by atoms with Crippen molar-refractivity contribution >= 4 is 33.7 Å². The summed E-state index contributed by atoms with van der Waals surface area (Å²) in [6, 6.07) is 8.88. The molecule has 1 aromatic heterocycles. The van der Waals surface area contributed by atoms with E-state index in [9.17, 15) is 14.4 Å². The van der Waals surface area contributed by atoms with E-state index in [4.69, 9.17) is 9.15 Å². The topological polar surface area (TPSA) is 101 Å². The Hall–Kier alpha value is -2.81. The highest BCUT2D eigenvalue weighted by Crippen LogP contribution is 2.22. The lowest BCUT2D eigenvalue weighted by atomic mass is 10.1. The second-order valence-corrected chi connectivity index (χ2v) is 7.35. The lowest BCUT2D eigenvalue weighted by molar-refractivity contribution is -0.132. The van der Waals surface area contributed by atoms with Gasteiger partial charge in [-0.25, -0.2) is 0 Å². The summed E-state index contributed by atoms with van der Waals surface area (Å²) in [5.41, 5.74) is 5.65. The molecule has 1 atom stereocenters. The Morgan fingerprint density at radius 3 is 2.86 bits per heavy atom. The third-order valence-corrected chi connectivity index (χ3v) is 5.23. The second kappa shape index (κ2) is 8.92. The van der Waals surface area contributed by atoms with Gasteiger partial charge in [-0.1, -0.05) is 15.9 Å². The normalized spacial score (nSPS) is 16.1. The molecule has 0 spiro atoms. The van der Waals surface area contributed by atoms with Crippen molar-refractivity contribution in [1.29, 1.82) is 0 Å². The highest BCUT2D eigenvalue weighted by atomic mass is 79.9. The number of rotatable bonds is 6. The molecule has 0 saturated carbocycles. The van der Waals surface area contributed by atoms with Crippen LogP contribution in [0.5, 0.6) is 5.75 Å². The zero-order valence-electron chi connectivity index (χ0n) is 15.2. The van der Waals surface area contributed by atoms with Crippen LogP contribution in [0.1, 0.15) is 17.7 Å². The second-order valence-electron chi connectivity index (χ2n) is 6.49. The predicted octanol–water partition coefficient (Wildman–Crippen LogP) is 1.93. The summed E-state index contributed by atoms with van der Waals surface area (Å²) in [5.74, 6) is -0.358. The van der Waals surface area contributed by atoms with Crippen LogP contribution < -0.4 is 15.6 Å². The van der Waals surface area contributed by atoms with E-state index in [1.165, 1.54) is 6.26 Å². The molecular weight excluding hydrogens is 430 g/mol. The minimum Gasteiger partial charge on any atom is -0.484 e. The first-order chi connectivity index (χ1) is 13.4. The molecule has 1 saturated heterocycles. The summed E-state index contributed by atoms with van der Waals surface area (Å²) in [6.45, 7) is 2.27. The first-order valence-electron chi connectivity index (χ1n) is 8.70. The molecule has 0 aliphatic carbocycles. The molecule has 1 aromatic carbocycles. The van der Waals surface area contributed by atoms with Crippen LogP contribution in [-0.4, -0.2) is 35.8 Å². The number of likely N-dealkylation sites (tertiary alicyclic amines) is 1. The highest BCUT2D eigenvalue weighted by Gasteiger charge is 2.34. The number of carbonyl (C=O) groups is 3. The van der Waals surface area contributed by atoms with Gasteiger partial charge < -0.3 is 14.1 Å². The zero-order valence-corrected chi connectivity index (χ0v) is 16.8. The van der Waals surface area contributed by atoms with Gasteiger partial charge in [0.05, 0.1) is 18.7 Å². The van der Waals surface area contributed by atoms with Crippen molar-refractivity contribution in [2.24, 2.45) is 5.92 Å². The summed E-state index contributed by atoms with van der Waals surface area (Å²) in [4.78, 5) is 37.7. The van der Waals surface area contributed by atoms with Gasteiger partial charge in [-0.2, -0.15) is 0 Å². The number of halogens is 1. The van der Waals surface area contributed by atoms with Gasteiger partial charge in [0.1, 0.15) is 11.5 Å². The van der Waals surface area contributed by atoms with Crippen LogP contribution in [0.15, 0.2) is 45.5 Å². The maximum Gasteiger partial charge on any atom is 0.276 e. The third-order valence-electron chi connectivity index (χ3n) is 4.34. The zero-order chi connectivity index (χ0) is 20.1. The summed E-state index contributed by atoms with van der Waals surface area (Å²) in [6.07, 6.45) is 1.63. The lowest BCUT2D eigenvalue weighted by Gasteiger charge is -2.15. The van der Waals surface area contributed by atoms with E-state index in [1.54, 1.807) is 29.2 Å². The smallest absolute Gasteiger partial charge is 0.276 e. The van der Waals surface area contributed by atoms with Crippen LogP contribution in [0.2, 0.25) is 0 Å². The van der Waals surface area contributed by atoms with E-state index in [0.29, 0.717) is 18.1 Å². The van der Waals surface area contributed by atoms with Crippen LogP contribution in [0, 0.1) is 12.8 Å². The van der Waals surface area contributed by atoms with Gasteiger partial charge in [0.2, 0.25) is 11.8 Å². The molecule has 1 aliphatic heterocycles. The third kappa shape index (κ3) is 5.13. The molecule has 1 aliphatic rings. The fourth-order valence-electron chi connectivity index (χ4n) is 2.82. The molecule has 8 nitrogen and oxygen atoms in total. The average Bonchev–Trinajstić information content (AvgIpc) is 3.31. The van der Waals surface area contributed by atoms with E-state index in [-0.39, 0.29) is 25.5 Å². The first-order valence-corrected chi connectivity index (χ1v) is 9.49. The van der Waals surface area contributed by atoms with Gasteiger partial charge in [-0.15, -0.1) is 0 Å². The van der Waals surface area contributed by atoms with Gasteiger partial charge in [0, 0.05) is 17.4 Å². The van der Waals surface area contributed by atoms with Crippen LogP contribution in [0.25, 0.3) is 0 Å². The van der Waals surface area contributed by atoms with E-state index in [1.807, 2.05) is 13.0 Å². The molecule has 0 radical (unpaired) electrons. The van der Waals surface area contributed by atoms with Gasteiger partial charge in [-0.3, -0.25) is 25.2 Å². The minimum absolute atomic E-state index is 0.0943. The molecule has 2 aromatic rings. The number of hydrogen-bond donors (Lipinski definition) is 2. The number of nitrogens with one attached hydrogen (secondary N) is 2. The molecule has 3 amide bonds. The van der Waals surface area contributed by atoms with Gasteiger partial charge in [0.25, 0.3) is 5.91 Å². The number of amides is 3. The Bertz CT molecular complexity index is 868. The maximum absolute atomic E-state index is 12.2. The number of benzene rings is 1. The van der Waals surface area contributed by atoms with Crippen molar-refractivity contribution in [3.8, 4) is 5.75 Å². The Labute approximate surface area is 170 Å². The molecular formula is C19H20BrN3O5. The molecule has 148 valence electrons. The summed E-state index contributed by atoms with van der Waals surface area (Å²) < 4.78 is 11.6. The summed E-state index contributed by atoms with van der Waals surface area (Å²) >= 11 is 3.39. The fourth-order valence-corrected chi connectivity index (χ4v) is 3.06. The van der Waals surface area contributed by atoms with Crippen molar-refractivity contribution in [2.75, 3.05) is 13.2 Å². The number of nitrogens with zero attached hydrogens (tertiary/aromatic N) is 1. The first kappa shape index (κ1) is 19.9. The fraction of sp³-hybridized carbons (Fsp3) is 0.316. The van der Waals surface area contributed by atoms with Crippen LogP contribution in [0.3, 0.4) is 0 Å². The average molecular weight is 450 g/mol. The molecule has 1 unspecified atom stereocenters. The van der Waals surface area contributed by atoms with Crippen molar-refractivity contribution in [3.63, 3.8) is 0 Å². The number of ether oxygens (including phenoxy) is 1. The predicted molar refractivity (Wildman–Crippen MR) is 103 cm³/mol. The van der Waals surface area contributed by atoms with E-state index in [2.05, 4.69) is 26.8 Å². The Morgan fingerprint density at radius 2 is 2.14 bits per heavy atom. The van der Waals surface area contributed by atoms with E-state index in [0.717, 1.165) is 10.0 Å². The summed E-state index contributed by atoms with van der Waals surface area (Å²) in [5, 5.41) is 0. The number of furan rings is 1. The molecule has 9 heteroatoms. The van der Waals surface area contributed by atoms with E-state index < -0.39 is 17.7 Å². The van der Waals surface area contributed by atoms with Gasteiger partial charge in [-0.05, 0) is 42.8 Å². The molecule has 2 heterocycles. The van der Waals surface area contributed by atoms with Crippen molar-refractivity contribution in [2.45, 2.75) is 19.9 Å². The molecule has 28 heavy (non-hydrogen) atoms. The molecule has 0 bridgehead atoms. The highest BCUT2D eigenvalue weighted by molar-refractivity contribution is 9.10. The SMILES string of the molecule is Cc1cc(OCC(=O)NNC(=O)C2CC(=O)N(Cc3ccco3)C2)ccc1Br. The van der Waals surface area contributed by atoms with Crippen molar-refractivity contribution in [1.82, 2.24) is 15.8 Å². The summed E-state index contributed by atoms with van der Waals surface area (Å²) in [7, 11) is 0. The monoisotopic (exact) mass is 449 g/mol. The van der Waals surface area contributed by atoms with Gasteiger partial charge in [0.15, 0.2) is 6.61 Å². The number of hydrazine groups is 1. The van der Waals surface area contributed by atoms with Crippen molar-refractivity contribution < 1.29 is 23.5 Å². The van der Waals surface area contributed by atoms with Crippen LogP contribution in [0.4, 0.5) is 0 Å². The number of hydrogen-bond acceptors (Lipinski definition) is 5. The number of aryl methyl sites for hydroxylation is 1. The lowest BCUT2D eigenvalue weighted by Crippen LogP contribution is -2.46. The minimum atomic E-state index is -0.530. The van der Waals surface area contributed by atoms with Crippen LogP contribution >= 0.6 is 15.9 Å². The van der Waals surface area contributed by atoms with Gasteiger partial charge >= 0.3 is 0 Å². The van der Waals surface area contributed by atoms with E-state index >= 15 is 0 Å². The Kier molecular flexibility index (Phi) is 6.35. The Balaban J connectivity index is 1.41. The Morgan fingerprint density at radius 1 is 1.32 bits per heavy atom. The number of carbonyl (C=O) groups excluding carboxylic acids is 3. The standard InChI is InChI=1S/C19H20BrN3O5/c1-12-7-14(4-5-16(12)20)28-11-17(24)21-22-19(26)13-8-18(25)23(9-13)10-15-3-2-6-27-15/h2-7,13H,8-11H2,1H3,(H,21,24)(H,22,26). The largest absolute Gasteiger partial charge is 0.484 e.